The van der Waals surface area contributed by atoms with Gasteiger partial charge in [-0.15, -0.1) is 0 Å². The Morgan fingerprint density at radius 2 is 1.64 bits per heavy atom. The Morgan fingerprint density at radius 1 is 0.889 bits per heavy atom. The largest absolute Gasteiger partial charge is 0.493 e. The van der Waals surface area contributed by atoms with Crippen LogP contribution in [0.15, 0.2) is 67.0 Å². The molecule has 1 aromatic heterocycles. The molecular formula is C30H38N4O2. The quantitative estimate of drug-likeness (QED) is 0.398. The number of pyridine rings is 1. The second-order valence-electron chi connectivity index (χ2n) is 10.1. The summed E-state index contributed by atoms with van der Waals surface area (Å²) in [6.45, 7) is 6.25. The van der Waals surface area contributed by atoms with Gasteiger partial charge < -0.3 is 19.3 Å². The third-order valence-electron chi connectivity index (χ3n) is 7.37. The molecule has 6 nitrogen and oxygen atoms in total. The first-order valence-electron chi connectivity index (χ1n) is 13.2. The third-order valence-corrected chi connectivity index (χ3v) is 7.37. The highest BCUT2D eigenvalue weighted by atomic mass is 16.5. The van der Waals surface area contributed by atoms with Crippen LogP contribution in [0.5, 0.6) is 11.5 Å². The van der Waals surface area contributed by atoms with Crippen LogP contribution in [0.1, 0.15) is 36.8 Å². The van der Waals surface area contributed by atoms with E-state index in [0.717, 1.165) is 80.5 Å². The van der Waals surface area contributed by atoms with Gasteiger partial charge in [0, 0.05) is 69.1 Å². The minimum atomic E-state index is 0.273. The van der Waals surface area contributed by atoms with Gasteiger partial charge in [-0.1, -0.05) is 18.2 Å². The van der Waals surface area contributed by atoms with Gasteiger partial charge in [0.1, 0.15) is 0 Å². The molecule has 5 rings (SSSR count). The monoisotopic (exact) mass is 486 g/mol. The fourth-order valence-electron chi connectivity index (χ4n) is 5.16. The van der Waals surface area contributed by atoms with Crippen molar-refractivity contribution >= 4 is 11.4 Å². The fourth-order valence-corrected chi connectivity index (χ4v) is 5.16. The van der Waals surface area contributed by atoms with Crippen molar-refractivity contribution in [1.29, 1.82) is 0 Å². The predicted octanol–water partition coefficient (Wildman–Crippen LogP) is 5.50. The summed E-state index contributed by atoms with van der Waals surface area (Å²) in [6.07, 6.45) is 8.73. The first-order chi connectivity index (χ1) is 17.7. The Balaban J connectivity index is 1.40. The Hall–Kier alpha value is -3.09. The molecule has 2 fully saturated rings. The van der Waals surface area contributed by atoms with Gasteiger partial charge in [-0.05, 0) is 74.2 Å². The molecule has 2 heterocycles. The normalized spacial score (nSPS) is 17.3. The molecule has 190 valence electrons. The molecule has 1 aliphatic carbocycles. The molecule has 1 saturated carbocycles. The van der Waals surface area contributed by atoms with Crippen LogP contribution in [0.3, 0.4) is 0 Å². The van der Waals surface area contributed by atoms with E-state index < -0.39 is 0 Å². The van der Waals surface area contributed by atoms with E-state index >= 15 is 0 Å². The Labute approximate surface area is 215 Å². The number of benzene rings is 2. The van der Waals surface area contributed by atoms with E-state index in [1.165, 1.54) is 18.4 Å². The van der Waals surface area contributed by atoms with Crippen LogP contribution >= 0.6 is 0 Å². The van der Waals surface area contributed by atoms with E-state index in [4.69, 9.17) is 9.47 Å². The van der Waals surface area contributed by atoms with Crippen LogP contribution in [0.4, 0.5) is 11.4 Å². The van der Waals surface area contributed by atoms with Crippen LogP contribution in [0.2, 0.25) is 0 Å². The highest BCUT2D eigenvalue weighted by Gasteiger charge is 2.20. The summed E-state index contributed by atoms with van der Waals surface area (Å²) in [6, 6.07) is 19.4. The number of aromatic nitrogens is 1. The standard InChI is InChI=1S/C30H38N4O2/c1-32-16-18-33(19-17-32)22-24-9-11-26(12-10-24)34(23-25-6-5-15-31-21-25)27-13-14-29(35-2)30(20-27)36-28-7-3-4-8-28/h5-6,9-15,20-21,28H,3-4,7-8,16-19,22-23H2,1-2H3. The smallest absolute Gasteiger partial charge is 0.163 e. The van der Waals surface area contributed by atoms with E-state index in [1.54, 1.807) is 7.11 Å². The number of likely N-dealkylation sites (N-methyl/N-ethyl adjacent to an activating group) is 1. The topological polar surface area (TPSA) is 41.1 Å². The zero-order valence-corrected chi connectivity index (χ0v) is 21.6. The summed E-state index contributed by atoms with van der Waals surface area (Å²) in [7, 11) is 3.91. The number of hydrogen-bond acceptors (Lipinski definition) is 6. The SMILES string of the molecule is COc1ccc(N(Cc2cccnc2)c2ccc(CN3CCN(C)CC3)cc2)cc1OC1CCCC1. The molecule has 0 amide bonds. The number of rotatable bonds is 9. The second kappa shape index (κ2) is 11.8. The number of ether oxygens (including phenoxy) is 2. The van der Waals surface area contributed by atoms with Crippen LogP contribution < -0.4 is 14.4 Å². The number of nitrogens with zero attached hydrogens (tertiary/aromatic N) is 4. The van der Waals surface area contributed by atoms with Crippen molar-refractivity contribution in [2.24, 2.45) is 0 Å². The van der Waals surface area contributed by atoms with E-state index in [-0.39, 0.29) is 6.10 Å². The van der Waals surface area contributed by atoms with Crippen molar-refractivity contribution in [3.8, 4) is 11.5 Å². The molecule has 0 unspecified atom stereocenters. The average Bonchev–Trinajstić information content (AvgIpc) is 3.43. The van der Waals surface area contributed by atoms with Gasteiger partial charge >= 0.3 is 0 Å². The lowest BCUT2D eigenvalue weighted by Gasteiger charge is -2.32. The molecule has 3 aromatic rings. The van der Waals surface area contributed by atoms with Crippen LogP contribution in [0, 0.1) is 0 Å². The van der Waals surface area contributed by atoms with Gasteiger partial charge in [0.2, 0.25) is 0 Å². The molecule has 36 heavy (non-hydrogen) atoms. The lowest BCUT2D eigenvalue weighted by Crippen LogP contribution is -2.43. The molecule has 1 saturated heterocycles. The first-order valence-corrected chi connectivity index (χ1v) is 13.2. The maximum absolute atomic E-state index is 6.41. The van der Waals surface area contributed by atoms with Crippen molar-refractivity contribution in [3.63, 3.8) is 0 Å². The Kier molecular flexibility index (Phi) is 8.04. The maximum atomic E-state index is 6.41. The van der Waals surface area contributed by atoms with Crippen molar-refractivity contribution < 1.29 is 9.47 Å². The van der Waals surface area contributed by atoms with Crippen molar-refractivity contribution in [1.82, 2.24) is 14.8 Å². The number of methoxy groups -OCH3 is 1. The molecule has 0 radical (unpaired) electrons. The minimum Gasteiger partial charge on any atom is -0.493 e. The van der Waals surface area contributed by atoms with Crippen molar-refractivity contribution in [2.75, 3.05) is 45.2 Å². The lowest BCUT2D eigenvalue weighted by molar-refractivity contribution is 0.148. The molecule has 1 aliphatic heterocycles. The number of piperazine rings is 1. The summed E-state index contributed by atoms with van der Waals surface area (Å²) in [5.41, 5.74) is 4.75. The molecule has 0 spiro atoms. The van der Waals surface area contributed by atoms with Gasteiger partial charge in [0.25, 0.3) is 0 Å². The van der Waals surface area contributed by atoms with E-state index in [2.05, 4.69) is 69.2 Å². The lowest BCUT2D eigenvalue weighted by atomic mass is 10.1. The minimum absolute atomic E-state index is 0.273. The average molecular weight is 487 g/mol. The van der Waals surface area contributed by atoms with Gasteiger partial charge in [0.05, 0.1) is 13.2 Å². The fraction of sp³-hybridized carbons (Fsp3) is 0.433. The van der Waals surface area contributed by atoms with Gasteiger partial charge in [0.15, 0.2) is 11.5 Å². The van der Waals surface area contributed by atoms with Crippen LogP contribution in [0.25, 0.3) is 0 Å². The molecule has 6 heteroatoms. The summed E-state index contributed by atoms with van der Waals surface area (Å²) < 4.78 is 12.1. The molecule has 0 N–H and O–H groups in total. The molecule has 2 aromatic carbocycles. The molecule has 2 aliphatic rings. The summed E-state index contributed by atoms with van der Waals surface area (Å²) in [5.74, 6) is 1.61. The van der Waals surface area contributed by atoms with Gasteiger partial charge in [-0.3, -0.25) is 9.88 Å². The first kappa shape index (κ1) is 24.6. The number of anilines is 2. The Morgan fingerprint density at radius 3 is 2.33 bits per heavy atom. The van der Waals surface area contributed by atoms with Crippen LogP contribution in [-0.2, 0) is 13.1 Å². The zero-order valence-electron chi connectivity index (χ0n) is 21.6. The highest BCUT2D eigenvalue weighted by molar-refractivity contribution is 5.67. The Bertz CT molecular complexity index is 1090. The molecule has 0 bridgehead atoms. The molecular weight excluding hydrogens is 448 g/mol. The predicted molar refractivity (Wildman–Crippen MR) is 145 cm³/mol. The van der Waals surface area contributed by atoms with E-state index in [1.807, 2.05) is 24.5 Å². The van der Waals surface area contributed by atoms with Crippen molar-refractivity contribution in [3.05, 3.63) is 78.1 Å². The van der Waals surface area contributed by atoms with E-state index in [9.17, 15) is 0 Å². The third kappa shape index (κ3) is 6.18. The number of hydrogen-bond donors (Lipinski definition) is 0. The summed E-state index contributed by atoms with van der Waals surface area (Å²) >= 11 is 0. The van der Waals surface area contributed by atoms with Crippen LogP contribution in [-0.4, -0.2) is 61.2 Å². The van der Waals surface area contributed by atoms with Gasteiger partial charge in [-0.2, -0.15) is 0 Å². The van der Waals surface area contributed by atoms with Gasteiger partial charge in [-0.25, -0.2) is 0 Å². The maximum Gasteiger partial charge on any atom is 0.163 e. The second-order valence-corrected chi connectivity index (χ2v) is 10.1. The summed E-state index contributed by atoms with van der Waals surface area (Å²) in [4.78, 5) is 11.6. The summed E-state index contributed by atoms with van der Waals surface area (Å²) in [5, 5.41) is 0. The zero-order chi connectivity index (χ0) is 24.7. The van der Waals surface area contributed by atoms with E-state index in [0.29, 0.717) is 0 Å². The van der Waals surface area contributed by atoms with Crippen molar-refractivity contribution in [2.45, 2.75) is 44.9 Å². The highest BCUT2D eigenvalue weighted by Crippen LogP contribution is 2.38. The molecule has 0 atom stereocenters.